The molecule has 3 aromatic heterocycles. The van der Waals surface area contributed by atoms with E-state index in [0.29, 0.717) is 11.8 Å². The quantitative estimate of drug-likeness (QED) is 0.333. The number of thiophene rings is 1. The van der Waals surface area contributed by atoms with Crippen molar-refractivity contribution < 1.29 is 0 Å². The van der Waals surface area contributed by atoms with Crippen LogP contribution in [0.2, 0.25) is 0 Å². The van der Waals surface area contributed by atoms with Crippen molar-refractivity contribution in [1.82, 2.24) is 20.2 Å². The molecule has 0 amide bonds. The van der Waals surface area contributed by atoms with E-state index in [2.05, 4.69) is 81.1 Å². The van der Waals surface area contributed by atoms with E-state index in [-0.39, 0.29) is 0 Å². The predicted molar refractivity (Wildman–Crippen MR) is 135 cm³/mol. The van der Waals surface area contributed by atoms with E-state index in [1.54, 1.807) is 11.3 Å². The van der Waals surface area contributed by atoms with E-state index >= 15 is 0 Å². The standard InChI is InChI=1S/C26H24N6S/c1-2-6-16(7-3-1)18-12-13-32(15-18)26-28-23-19-8-4-5-9-21(19)33-24(23)25(29-26)27-22-14-20(30-31-22)17-10-11-17/h1-9,14,17-18H,10-13,15H2,(H2,27,28,29,30,31). The van der Waals surface area contributed by atoms with E-state index < -0.39 is 0 Å². The Hall–Kier alpha value is -3.45. The smallest absolute Gasteiger partial charge is 0.228 e. The number of nitrogens with one attached hydrogen (secondary N) is 2. The maximum absolute atomic E-state index is 5.08. The molecule has 33 heavy (non-hydrogen) atoms. The van der Waals surface area contributed by atoms with Crippen LogP contribution >= 0.6 is 11.3 Å². The summed E-state index contributed by atoms with van der Waals surface area (Å²) in [5.74, 6) is 3.61. The molecule has 0 spiro atoms. The molecule has 4 heterocycles. The molecule has 2 fully saturated rings. The average molecular weight is 453 g/mol. The molecule has 2 aliphatic rings. The SMILES string of the molecule is c1ccc(C2CCN(c3nc(Nc4cc(C5CC5)[nH]n4)c4sc5ccccc5c4n3)C2)cc1. The van der Waals surface area contributed by atoms with Crippen molar-refractivity contribution in [3.05, 3.63) is 71.9 Å². The highest BCUT2D eigenvalue weighted by Gasteiger charge is 2.28. The van der Waals surface area contributed by atoms with Crippen LogP contribution in [0.3, 0.4) is 0 Å². The van der Waals surface area contributed by atoms with E-state index in [9.17, 15) is 0 Å². The molecule has 2 N–H and O–H groups in total. The minimum Gasteiger partial charge on any atom is -0.340 e. The van der Waals surface area contributed by atoms with Crippen molar-refractivity contribution in [1.29, 1.82) is 0 Å². The van der Waals surface area contributed by atoms with Gasteiger partial charge in [0.1, 0.15) is 0 Å². The fourth-order valence-corrected chi connectivity index (χ4v) is 5.96. The Labute approximate surface area is 195 Å². The van der Waals surface area contributed by atoms with Gasteiger partial charge in [-0.25, -0.2) is 4.98 Å². The summed E-state index contributed by atoms with van der Waals surface area (Å²) in [6.07, 6.45) is 3.61. The summed E-state index contributed by atoms with van der Waals surface area (Å²) in [7, 11) is 0. The van der Waals surface area contributed by atoms with Crippen LogP contribution in [0.1, 0.15) is 42.4 Å². The van der Waals surface area contributed by atoms with E-state index in [1.807, 2.05) is 0 Å². The average Bonchev–Trinajstić information content (AvgIpc) is 3.25. The summed E-state index contributed by atoms with van der Waals surface area (Å²) >= 11 is 1.74. The first-order chi connectivity index (χ1) is 16.3. The van der Waals surface area contributed by atoms with Gasteiger partial charge in [0.25, 0.3) is 0 Å². The van der Waals surface area contributed by atoms with Crippen LogP contribution in [-0.2, 0) is 0 Å². The third-order valence-electron chi connectivity index (χ3n) is 6.81. The summed E-state index contributed by atoms with van der Waals surface area (Å²) in [6, 6.07) is 21.4. The Balaban J connectivity index is 1.29. The number of nitrogens with zero attached hydrogens (tertiary/aromatic N) is 4. The minimum absolute atomic E-state index is 0.508. The lowest BCUT2D eigenvalue weighted by molar-refractivity contribution is 0.773. The first kappa shape index (κ1) is 19.1. The van der Waals surface area contributed by atoms with Crippen molar-refractivity contribution in [2.24, 2.45) is 0 Å². The monoisotopic (exact) mass is 452 g/mol. The van der Waals surface area contributed by atoms with E-state index in [0.717, 1.165) is 47.3 Å². The van der Waals surface area contributed by atoms with E-state index in [1.165, 1.54) is 34.2 Å². The second kappa shape index (κ2) is 7.56. The lowest BCUT2D eigenvalue weighted by Crippen LogP contribution is -2.22. The van der Waals surface area contributed by atoms with Crippen LogP contribution in [0, 0.1) is 0 Å². The third kappa shape index (κ3) is 3.43. The van der Waals surface area contributed by atoms with Gasteiger partial charge in [-0.3, -0.25) is 5.10 Å². The normalized spacial score (nSPS) is 18.4. The highest BCUT2D eigenvalue weighted by atomic mass is 32.1. The van der Waals surface area contributed by atoms with Crippen molar-refractivity contribution in [2.45, 2.75) is 31.1 Å². The minimum atomic E-state index is 0.508. The molecule has 1 saturated carbocycles. The highest BCUT2D eigenvalue weighted by molar-refractivity contribution is 7.26. The lowest BCUT2D eigenvalue weighted by atomic mass is 9.99. The van der Waals surface area contributed by atoms with Crippen LogP contribution in [0.5, 0.6) is 0 Å². The number of hydrogen-bond donors (Lipinski definition) is 2. The predicted octanol–water partition coefficient (Wildman–Crippen LogP) is 6.18. The molecule has 1 aliphatic carbocycles. The van der Waals surface area contributed by atoms with Crippen molar-refractivity contribution in [2.75, 3.05) is 23.3 Å². The Kier molecular flexibility index (Phi) is 4.36. The van der Waals surface area contributed by atoms with Crippen molar-refractivity contribution in [3.8, 4) is 0 Å². The molecule has 1 unspecified atom stereocenters. The largest absolute Gasteiger partial charge is 0.340 e. The molecule has 5 aromatic rings. The number of hydrogen-bond acceptors (Lipinski definition) is 6. The molecule has 1 atom stereocenters. The van der Waals surface area contributed by atoms with Crippen LogP contribution in [0.15, 0.2) is 60.7 Å². The molecular weight excluding hydrogens is 428 g/mol. The molecule has 1 saturated heterocycles. The fourth-order valence-electron chi connectivity index (χ4n) is 4.87. The van der Waals surface area contributed by atoms with Gasteiger partial charge in [0.05, 0.1) is 10.2 Å². The zero-order chi connectivity index (χ0) is 21.8. The van der Waals surface area contributed by atoms with Gasteiger partial charge >= 0.3 is 0 Å². The number of anilines is 3. The number of fused-ring (bicyclic) bond motifs is 3. The van der Waals surface area contributed by atoms with Crippen LogP contribution < -0.4 is 10.2 Å². The zero-order valence-corrected chi connectivity index (χ0v) is 19.0. The Morgan fingerprint density at radius 2 is 1.79 bits per heavy atom. The Morgan fingerprint density at radius 1 is 0.939 bits per heavy atom. The third-order valence-corrected chi connectivity index (χ3v) is 7.98. The fraction of sp³-hybridized carbons (Fsp3) is 0.269. The highest BCUT2D eigenvalue weighted by Crippen LogP contribution is 2.41. The van der Waals surface area contributed by atoms with Crippen molar-refractivity contribution in [3.63, 3.8) is 0 Å². The zero-order valence-electron chi connectivity index (χ0n) is 18.2. The molecule has 0 radical (unpaired) electrons. The molecule has 6 nitrogen and oxygen atoms in total. The second-order valence-electron chi connectivity index (χ2n) is 9.10. The summed E-state index contributed by atoms with van der Waals surface area (Å²) in [5.41, 5.74) is 3.62. The van der Waals surface area contributed by atoms with Gasteiger partial charge in [-0.05, 0) is 30.9 Å². The maximum Gasteiger partial charge on any atom is 0.228 e. The van der Waals surface area contributed by atoms with Crippen LogP contribution in [0.4, 0.5) is 17.6 Å². The number of benzene rings is 2. The van der Waals surface area contributed by atoms with Gasteiger partial charge in [0, 0.05) is 46.8 Å². The van der Waals surface area contributed by atoms with Crippen LogP contribution in [0.25, 0.3) is 20.3 Å². The van der Waals surface area contributed by atoms with E-state index in [4.69, 9.17) is 9.97 Å². The Morgan fingerprint density at radius 3 is 2.67 bits per heavy atom. The number of H-pyrrole nitrogens is 1. The lowest BCUT2D eigenvalue weighted by Gasteiger charge is -2.18. The van der Waals surface area contributed by atoms with Gasteiger partial charge < -0.3 is 10.2 Å². The van der Waals surface area contributed by atoms with Gasteiger partial charge in [-0.15, -0.1) is 11.3 Å². The molecule has 1 aliphatic heterocycles. The van der Waals surface area contributed by atoms with Gasteiger partial charge in [-0.2, -0.15) is 10.1 Å². The molecule has 0 bridgehead atoms. The molecule has 164 valence electrons. The summed E-state index contributed by atoms with van der Waals surface area (Å²) < 4.78 is 2.31. The summed E-state index contributed by atoms with van der Waals surface area (Å²) in [4.78, 5) is 12.4. The number of rotatable bonds is 5. The number of aromatic nitrogens is 4. The summed E-state index contributed by atoms with van der Waals surface area (Å²) in [6.45, 7) is 1.89. The first-order valence-corrected chi connectivity index (χ1v) is 12.4. The topological polar surface area (TPSA) is 69.7 Å². The second-order valence-corrected chi connectivity index (χ2v) is 10.2. The van der Waals surface area contributed by atoms with Crippen molar-refractivity contribution >= 4 is 49.2 Å². The first-order valence-electron chi connectivity index (χ1n) is 11.6. The van der Waals surface area contributed by atoms with Gasteiger partial charge in [-0.1, -0.05) is 48.5 Å². The maximum atomic E-state index is 5.08. The van der Waals surface area contributed by atoms with Gasteiger partial charge in [0.15, 0.2) is 11.6 Å². The molecule has 2 aromatic carbocycles. The number of aromatic amines is 1. The molecular formula is C26H24N6S. The molecule has 7 rings (SSSR count). The summed E-state index contributed by atoms with van der Waals surface area (Å²) in [5, 5.41) is 12.4. The molecule has 7 heteroatoms. The van der Waals surface area contributed by atoms with Gasteiger partial charge in [0.2, 0.25) is 5.95 Å². The van der Waals surface area contributed by atoms with Crippen LogP contribution in [-0.4, -0.2) is 33.3 Å². The Bertz CT molecular complexity index is 1450.